The second-order valence-electron chi connectivity index (χ2n) is 7.04. The maximum Gasteiger partial charge on any atom is 0.306 e. The van der Waals surface area contributed by atoms with E-state index in [0.29, 0.717) is 17.1 Å². The van der Waals surface area contributed by atoms with Gasteiger partial charge in [-0.2, -0.15) is 8.42 Å². The van der Waals surface area contributed by atoms with Crippen LogP contribution in [0.25, 0.3) is 22.4 Å². The number of fused-ring (bicyclic) bond motifs is 1. The molecule has 0 fully saturated rings. The lowest BCUT2D eigenvalue weighted by Crippen LogP contribution is -2.05. The molecule has 0 saturated carbocycles. The van der Waals surface area contributed by atoms with Gasteiger partial charge in [0, 0.05) is 13.2 Å². The van der Waals surface area contributed by atoms with E-state index >= 15 is 0 Å². The van der Waals surface area contributed by atoms with E-state index in [0.717, 1.165) is 28.4 Å². The summed E-state index contributed by atoms with van der Waals surface area (Å²) in [7, 11) is -0.437. The van der Waals surface area contributed by atoms with E-state index in [1.54, 1.807) is 19.2 Å². The normalized spacial score (nSPS) is 12.6. The molecule has 31 heavy (non-hydrogen) atoms. The molecule has 4 aromatic rings. The van der Waals surface area contributed by atoms with Crippen molar-refractivity contribution in [3.05, 3.63) is 77.9 Å². The van der Waals surface area contributed by atoms with E-state index in [-0.39, 0.29) is 11.9 Å². The van der Waals surface area contributed by atoms with E-state index in [9.17, 15) is 8.42 Å². The van der Waals surface area contributed by atoms with Gasteiger partial charge in [-0.25, -0.2) is 4.98 Å². The Balaban J connectivity index is 1.72. The Morgan fingerprint density at radius 1 is 0.935 bits per heavy atom. The number of hydrogen-bond donors (Lipinski definition) is 1. The number of rotatable bonds is 7. The summed E-state index contributed by atoms with van der Waals surface area (Å²) in [6.07, 6.45) is 0.798. The van der Waals surface area contributed by atoms with Gasteiger partial charge in [-0.05, 0) is 35.4 Å². The fourth-order valence-corrected chi connectivity index (χ4v) is 3.96. The van der Waals surface area contributed by atoms with Crippen LogP contribution in [-0.2, 0) is 14.9 Å². The molecule has 1 atom stereocenters. The Labute approximate surface area is 180 Å². The number of imidazole rings is 1. The van der Waals surface area contributed by atoms with Gasteiger partial charge >= 0.3 is 10.1 Å². The number of benzene rings is 3. The molecule has 0 spiro atoms. The molecular formula is C23H22N2O5S. The molecule has 1 aromatic heterocycles. The smallest absolute Gasteiger partial charge is 0.306 e. The molecule has 7 nitrogen and oxygen atoms in total. The van der Waals surface area contributed by atoms with Gasteiger partial charge in [0.1, 0.15) is 23.4 Å². The third kappa shape index (κ3) is 4.55. The van der Waals surface area contributed by atoms with Crippen molar-refractivity contribution in [1.29, 1.82) is 0 Å². The monoisotopic (exact) mass is 438 g/mol. The summed E-state index contributed by atoms with van der Waals surface area (Å²) in [6.45, 7) is 0. The number of aromatic nitrogens is 2. The zero-order chi connectivity index (χ0) is 22.0. The van der Waals surface area contributed by atoms with Crippen LogP contribution in [0.15, 0.2) is 66.7 Å². The molecule has 0 amide bonds. The van der Waals surface area contributed by atoms with Crippen LogP contribution in [0.1, 0.15) is 17.2 Å². The summed E-state index contributed by atoms with van der Waals surface area (Å²) < 4.78 is 38.9. The molecule has 0 aliphatic heterocycles. The van der Waals surface area contributed by atoms with Crippen LogP contribution >= 0.6 is 0 Å². The second-order valence-corrected chi connectivity index (χ2v) is 8.61. The summed E-state index contributed by atoms with van der Waals surface area (Å²) in [5.41, 5.74) is 4.39. The first-order valence-electron chi connectivity index (χ1n) is 9.53. The Kier molecular flexibility index (Phi) is 5.67. The van der Waals surface area contributed by atoms with Gasteiger partial charge in [0.05, 0.1) is 30.0 Å². The fraction of sp³-hybridized carbons (Fsp3) is 0.174. The molecule has 160 valence electrons. The van der Waals surface area contributed by atoms with Gasteiger partial charge < -0.3 is 18.6 Å². The number of nitrogens with zero attached hydrogens (tertiary/aromatic N) is 1. The van der Waals surface area contributed by atoms with E-state index in [1.807, 2.05) is 48.5 Å². The number of methoxy groups -OCH3 is 2. The summed E-state index contributed by atoms with van der Waals surface area (Å²) in [4.78, 5) is 7.98. The first-order chi connectivity index (χ1) is 14.9. The molecule has 1 unspecified atom stereocenters. The highest BCUT2D eigenvalue weighted by Crippen LogP contribution is 2.34. The number of ether oxygens (including phenoxy) is 2. The van der Waals surface area contributed by atoms with Crippen molar-refractivity contribution < 1.29 is 22.1 Å². The van der Waals surface area contributed by atoms with Crippen molar-refractivity contribution in [3.8, 4) is 22.9 Å². The molecule has 1 N–H and O–H groups in total. The predicted molar refractivity (Wildman–Crippen MR) is 119 cm³/mol. The molecule has 0 radical (unpaired) electrons. The topological polar surface area (TPSA) is 90.5 Å². The van der Waals surface area contributed by atoms with E-state index in [2.05, 4.69) is 9.97 Å². The summed E-state index contributed by atoms with van der Waals surface area (Å²) in [6, 6.07) is 20.7. The van der Waals surface area contributed by atoms with E-state index in [1.165, 1.54) is 13.2 Å². The number of nitrogens with one attached hydrogen (secondary N) is 1. The Hall–Kier alpha value is -3.36. The molecule has 4 rings (SSSR count). The molecule has 3 aromatic carbocycles. The molecule has 0 aliphatic rings. The van der Waals surface area contributed by atoms with Crippen molar-refractivity contribution in [2.45, 2.75) is 6.10 Å². The third-order valence-corrected chi connectivity index (χ3v) is 5.32. The minimum absolute atomic E-state index is 0.173. The lowest BCUT2D eigenvalue weighted by Gasteiger charge is -2.16. The zero-order valence-electron chi connectivity index (χ0n) is 17.3. The van der Waals surface area contributed by atoms with Gasteiger partial charge in [-0.15, -0.1) is 0 Å². The molecular weight excluding hydrogens is 416 g/mol. The fourth-order valence-electron chi connectivity index (χ4n) is 3.50. The SMILES string of the molecule is COc1cc(OS(C)(=O)=O)ccc1-c1nc2ccc(C(OC)c3ccccc3)cc2[nH]1. The highest BCUT2D eigenvalue weighted by Gasteiger charge is 2.17. The summed E-state index contributed by atoms with van der Waals surface area (Å²) in [5.74, 6) is 1.22. The van der Waals surface area contributed by atoms with Gasteiger partial charge in [-0.3, -0.25) is 0 Å². The highest BCUT2D eigenvalue weighted by atomic mass is 32.2. The minimum atomic E-state index is -3.63. The van der Waals surface area contributed by atoms with Crippen LogP contribution in [0.2, 0.25) is 0 Å². The first kappa shape index (κ1) is 20.9. The van der Waals surface area contributed by atoms with Crippen LogP contribution in [0, 0.1) is 0 Å². The highest BCUT2D eigenvalue weighted by molar-refractivity contribution is 7.86. The number of H-pyrrole nitrogens is 1. The summed E-state index contributed by atoms with van der Waals surface area (Å²) >= 11 is 0. The molecule has 0 bridgehead atoms. The lowest BCUT2D eigenvalue weighted by molar-refractivity contribution is 0.136. The van der Waals surface area contributed by atoms with Crippen molar-refractivity contribution >= 4 is 21.2 Å². The van der Waals surface area contributed by atoms with Crippen LogP contribution in [-0.4, -0.2) is 38.9 Å². The Morgan fingerprint density at radius 2 is 1.71 bits per heavy atom. The van der Waals surface area contributed by atoms with Crippen molar-refractivity contribution in [3.63, 3.8) is 0 Å². The molecule has 0 saturated heterocycles. The number of aromatic amines is 1. The quantitative estimate of drug-likeness (QED) is 0.432. The van der Waals surface area contributed by atoms with Crippen LogP contribution < -0.4 is 8.92 Å². The van der Waals surface area contributed by atoms with Crippen LogP contribution in [0.5, 0.6) is 11.5 Å². The Bertz CT molecular complexity index is 1320. The van der Waals surface area contributed by atoms with Gasteiger partial charge in [0.2, 0.25) is 0 Å². The zero-order valence-corrected chi connectivity index (χ0v) is 18.1. The maximum absolute atomic E-state index is 11.4. The minimum Gasteiger partial charge on any atom is -0.496 e. The maximum atomic E-state index is 11.4. The Morgan fingerprint density at radius 3 is 2.39 bits per heavy atom. The standard InChI is InChI=1S/C23H22N2O5S/c1-28-21-14-17(30-31(3,26)27)10-11-18(21)23-24-19-12-9-16(13-20(19)25-23)22(29-2)15-7-5-4-6-8-15/h4-14,22H,1-3H3,(H,24,25). The second kappa shape index (κ2) is 8.41. The van der Waals surface area contributed by atoms with Gasteiger partial charge in [0.15, 0.2) is 0 Å². The van der Waals surface area contributed by atoms with Crippen molar-refractivity contribution in [2.75, 3.05) is 20.5 Å². The predicted octanol–water partition coefficient (Wildman–Crippen LogP) is 4.31. The van der Waals surface area contributed by atoms with Gasteiger partial charge in [0.25, 0.3) is 0 Å². The summed E-state index contributed by atoms with van der Waals surface area (Å²) in [5, 5.41) is 0. The third-order valence-electron chi connectivity index (χ3n) is 4.82. The number of hydrogen-bond acceptors (Lipinski definition) is 6. The average molecular weight is 439 g/mol. The lowest BCUT2D eigenvalue weighted by atomic mass is 10.0. The molecule has 1 heterocycles. The first-order valence-corrected chi connectivity index (χ1v) is 11.3. The van der Waals surface area contributed by atoms with E-state index in [4.69, 9.17) is 13.7 Å². The largest absolute Gasteiger partial charge is 0.496 e. The molecule has 0 aliphatic carbocycles. The van der Waals surface area contributed by atoms with Crippen LogP contribution in [0.3, 0.4) is 0 Å². The van der Waals surface area contributed by atoms with Gasteiger partial charge in [-0.1, -0.05) is 36.4 Å². The molecule has 8 heteroatoms. The average Bonchev–Trinajstić information content (AvgIpc) is 3.17. The van der Waals surface area contributed by atoms with Crippen molar-refractivity contribution in [2.24, 2.45) is 0 Å². The van der Waals surface area contributed by atoms with Crippen molar-refractivity contribution in [1.82, 2.24) is 9.97 Å². The van der Waals surface area contributed by atoms with E-state index < -0.39 is 10.1 Å². The van der Waals surface area contributed by atoms with Crippen LogP contribution in [0.4, 0.5) is 0 Å².